The molecular weight excluding hydrogens is 330 g/mol. The number of fused-ring (bicyclic) bond motifs is 1. The van der Waals surface area contributed by atoms with Gasteiger partial charge in [0.2, 0.25) is 6.41 Å². The Kier molecular flexibility index (Phi) is 5.53. The number of aliphatic hydroxyl groups is 1. The molecule has 26 heavy (non-hydrogen) atoms. The van der Waals surface area contributed by atoms with Crippen molar-refractivity contribution in [3.8, 4) is 16.9 Å². The average Bonchev–Trinajstić information content (AvgIpc) is 3.24. The normalized spacial score (nSPS) is 18.0. The maximum atomic E-state index is 10.4. The van der Waals surface area contributed by atoms with E-state index in [1.54, 1.807) is 13.2 Å². The summed E-state index contributed by atoms with van der Waals surface area (Å²) in [5.41, 5.74) is 2.74. The highest BCUT2D eigenvalue weighted by atomic mass is 16.5. The van der Waals surface area contributed by atoms with Crippen molar-refractivity contribution in [1.29, 1.82) is 0 Å². The van der Waals surface area contributed by atoms with Gasteiger partial charge >= 0.3 is 0 Å². The van der Waals surface area contributed by atoms with Crippen molar-refractivity contribution in [2.45, 2.75) is 13.3 Å². The van der Waals surface area contributed by atoms with Crippen molar-refractivity contribution >= 4 is 23.3 Å². The second kappa shape index (κ2) is 8.01. The van der Waals surface area contributed by atoms with E-state index in [4.69, 9.17) is 9.84 Å². The van der Waals surface area contributed by atoms with E-state index in [0.717, 1.165) is 33.8 Å². The van der Waals surface area contributed by atoms with Crippen molar-refractivity contribution in [1.82, 2.24) is 9.97 Å². The quantitative estimate of drug-likeness (QED) is 0.613. The molecule has 6 nitrogen and oxygen atoms in total. The zero-order valence-electron chi connectivity index (χ0n) is 14.9. The first-order chi connectivity index (χ1) is 12.7. The third kappa shape index (κ3) is 3.86. The van der Waals surface area contributed by atoms with Crippen LogP contribution in [0, 0.1) is 11.8 Å². The van der Waals surface area contributed by atoms with Gasteiger partial charge in [-0.15, -0.1) is 0 Å². The molecule has 1 aliphatic carbocycles. The minimum Gasteiger partial charge on any atom is -0.496 e. The smallest absolute Gasteiger partial charge is 0.212 e. The molecule has 1 aliphatic rings. The van der Waals surface area contributed by atoms with Crippen LogP contribution in [0.15, 0.2) is 42.6 Å². The number of nitrogens with zero attached hydrogens (tertiary/aromatic N) is 1. The van der Waals surface area contributed by atoms with Gasteiger partial charge in [-0.3, -0.25) is 4.79 Å². The van der Waals surface area contributed by atoms with Gasteiger partial charge in [0, 0.05) is 29.3 Å². The molecule has 0 radical (unpaired) electrons. The van der Waals surface area contributed by atoms with Gasteiger partial charge in [0.15, 0.2) is 0 Å². The molecule has 0 spiro atoms. The fraction of sp³-hybridized carbons (Fsp3) is 0.300. The number of nitrogens with one attached hydrogen (secondary N) is 2. The van der Waals surface area contributed by atoms with Crippen LogP contribution < -0.4 is 10.1 Å². The van der Waals surface area contributed by atoms with Crippen LogP contribution in [0.5, 0.6) is 5.75 Å². The molecule has 1 saturated carbocycles. The number of H-pyrrole nitrogens is 1. The van der Waals surface area contributed by atoms with E-state index in [0.29, 0.717) is 24.8 Å². The summed E-state index contributed by atoms with van der Waals surface area (Å²) in [6.07, 6.45) is 3.74. The monoisotopic (exact) mass is 353 g/mol. The Morgan fingerprint density at radius 3 is 2.69 bits per heavy atom. The molecule has 1 fully saturated rings. The topological polar surface area (TPSA) is 87.2 Å². The number of pyridine rings is 1. The summed E-state index contributed by atoms with van der Waals surface area (Å²) in [6, 6.07) is 11.5. The van der Waals surface area contributed by atoms with Gasteiger partial charge in [0.1, 0.15) is 17.2 Å². The first-order valence-electron chi connectivity index (χ1n) is 8.60. The number of hydrogen-bond acceptors (Lipinski definition) is 4. The van der Waals surface area contributed by atoms with E-state index >= 15 is 0 Å². The molecule has 136 valence electrons. The summed E-state index contributed by atoms with van der Waals surface area (Å²) in [5.74, 6) is 2.80. The number of methoxy groups -OCH3 is 1. The van der Waals surface area contributed by atoms with Gasteiger partial charge in [0.05, 0.1) is 7.11 Å². The third-order valence-electron chi connectivity index (χ3n) is 4.65. The van der Waals surface area contributed by atoms with Crippen molar-refractivity contribution in [3.63, 3.8) is 0 Å². The molecule has 1 amide bonds. The molecule has 1 aromatic carbocycles. The molecule has 2 aromatic heterocycles. The van der Waals surface area contributed by atoms with E-state index < -0.39 is 0 Å². The van der Waals surface area contributed by atoms with Gasteiger partial charge in [-0.25, -0.2) is 4.98 Å². The summed E-state index contributed by atoms with van der Waals surface area (Å²) >= 11 is 0. The Bertz CT molecular complexity index is 889. The SMILES string of the molecule is CC1CC1CO.COc1ccccc1-c1c[nH]c2nc(NC=O)ccc12. The summed E-state index contributed by atoms with van der Waals surface area (Å²) in [6.45, 7) is 2.57. The second-order valence-corrected chi connectivity index (χ2v) is 6.41. The molecule has 3 aromatic rings. The predicted octanol–water partition coefficient (Wildman–Crippen LogP) is 3.44. The van der Waals surface area contributed by atoms with E-state index in [1.165, 1.54) is 6.42 Å². The maximum absolute atomic E-state index is 10.4. The van der Waals surface area contributed by atoms with Crippen LogP contribution in [0.2, 0.25) is 0 Å². The van der Waals surface area contributed by atoms with Gasteiger partial charge in [-0.05, 0) is 36.5 Å². The molecule has 2 atom stereocenters. The van der Waals surface area contributed by atoms with Crippen LogP contribution in [0.4, 0.5) is 5.82 Å². The van der Waals surface area contributed by atoms with Gasteiger partial charge in [-0.1, -0.05) is 25.1 Å². The highest BCUT2D eigenvalue weighted by Crippen LogP contribution is 2.36. The van der Waals surface area contributed by atoms with Crippen LogP contribution >= 0.6 is 0 Å². The van der Waals surface area contributed by atoms with Crippen LogP contribution in [0.3, 0.4) is 0 Å². The predicted molar refractivity (Wildman–Crippen MR) is 102 cm³/mol. The van der Waals surface area contributed by atoms with Crippen LogP contribution in [0.1, 0.15) is 13.3 Å². The first kappa shape index (κ1) is 17.9. The molecule has 4 rings (SSSR count). The minimum absolute atomic E-state index is 0.404. The lowest BCUT2D eigenvalue weighted by atomic mass is 10.0. The van der Waals surface area contributed by atoms with Crippen LogP contribution in [0.25, 0.3) is 22.2 Å². The Balaban J connectivity index is 0.000000278. The lowest BCUT2D eigenvalue weighted by molar-refractivity contribution is -0.105. The Morgan fingerprint density at radius 2 is 2.08 bits per heavy atom. The average molecular weight is 353 g/mol. The van der Waals surface area contributed by atoms with E-state index in [-0.39, 0.29) is 0 Å². The van der Waals surface area contributed by atoms with E-state index in [2.05, 4.69) is 22.2 Å². The van der Waals surface area contributed by atoms with Crippen LogP contribution in [-0.4, -0.2) is 35.2 Å². The fourth-order valence-electron chi connectivity index (χ4n) is 2.89. The molecule has 2 heterocycles. The fourth-order valence-corrected chi connectivity index (χ4v) is 2.89. The number of carbonyl (C=O) groups excluding carboxylic acids is 1. The zero-order valence-corrected chi connectivity index (χ0v) is 14.9. The number of anilines is 1. The van der Waals surface area contributed by atoms with Gasteiger partial charge < -0.3 is 20.1 Å². The Labute approximate surface area is 152 Å². The molecule has 0 aliphatic heterocycles. The number of aromatic nitrogens is 2. The Morgan fingerprint density at radius 1 is 1.31 bits per heavy atom. The van der Waals surface area contributed by atoms with Gasteiger partial charge in [-0.2, -0.15) is 0 Å². The lowest BCUT2D eigenvalue weighted by Crippen LogP contribution is -1.96. The van der Waals surface area contributed by atoms with Crippen LogP contribution in [-0.2, 0) is 4.79 Å². The number of hydrogen-bond donors (Lipinski definition) is 3. The molecule has 0 bridgehead atoms. The standard InChI is InChI=1S/C15H13N3O2.C5H10O/c1-20-13-5-3-2-4-10(13)12-8-16-15-11(12)6-7-14(18-15)17-9-19;1-4-2-5(4)3-6/h2-9H,1H3,(H2,16,17,18,19);4-6H,2-3H2,1H3. The Hall–Kier alpha value is -2.86. The highest BCUT2D eigenvalue weighted by molar-refractivity contribution is 5.96. The number of rotatable bonds is 5. The number of aliphatic hydroxyl groups excluding tert-OH is 1. The lowest BCUT2D eigenvalue weighted by Gasteiger charge is -2.07. The largest absolute Gasteiger partial charge is 0.496 e. The summed E-state index contributed by atoms with van der Waals surface area (Å²) < 4.78 is 5.39. The minimum atomic E-state index is 0.404. The van der Waals surface area contributed by atoms with Crippen molar-refractivity contribution in [3.05, 3.63) is 42.6 Å². The molecule has 2 unspecified atom stereocenters. The van der Waals surface area contributed by atoms with E-state index in [9.17, 15) is 4.79 Å². The van der Waals surface area contributed by atoms with Crippen molar-refractivity contribution < 1.29 is 14.6 Å². The summed E-state index contributed by atoms with van der Waals surface area (Å²) in [5, 5.41) is 11.9. The number of aromatic amines is 1. The number of amides is 1. The summed E-state index contributed by atoms with van der Waals surface area (Å²) in [7, 11) is 1.65. The van der Waals surface area contributed by atoms with Crippen molar-refractivity contribution in [2.24, 2.45) is 11.8 Å². The number of para-hydroxylation sites is 1. The molecule has 3 N–H and O–H groups in total. The highest BCUT2D eigenvalue weighted by Gasteiger charge is 2.30. The number of carbonyl (C=O) groups is 1. The van der Waals surface area contributed by atoms with Crippen molar-refractivity contribution in [2.75, 3.05) is 19.0 Å². The van der Waals surface area contributed by atoms with Gasteiger partial charge in [0.25, 0.3) is 0 Å². The third-order valence-corrected chi connectivity index (χ3v) is 4.65. The van der Waals surface area contributed by atoms with E-state index in [1.807, 2.05) is 36.5 Å². The number of benzene rings is 1. The molecular formula is C20H23N3O3. The molecule has 6 heteroatoms. The maximum Gasteiger partial charge on any atom is 0.212 e. The molecule has 0 saturated heterocycles. The second-order valence-electron chi connectivity index (χ2n) is 6.41. The summed E-state index contributed by atoms with van der Waals surface area (Å²) in [4.78, 5) is 17.9. The number of ether oxygens (including phenoxy) is 1. The first-order valence-corrected chi connectivity index (χ1v) is 8.60. The zero-order chi connectivity index (χ0) is 18.5.